The van der Waals surface area contributed by atoms with E-state index in [-0.39, 0.29) is 0 Å². The lowest BCUT2D eigenvalue weighted by molar-refractivity contribution is 0.999. The zero-order valence-electron chi connectivity index (χ0n) is 7.93. The lowest BCUT2D eigenvalue weighted by Gasteiger charge is -2.04. The average Bonchev–Trinajstić information content (AvgIpc) is 2.07. The maximum atomic E-state index is 7.29. The summed E-state index contributed by atoms with van der Waals surface area (Å²) in [5.41, 5.74) is 1.89. The van der Waals surface area contributed by atoms with Gasteiger partial charge in [0, 0.05) is 5.71 Å². The van der Waals surface area contributed by atoms with Crippen LogP contribution in [0.4, 0.5) is 0 Å². The van der Waals surface area contributed by atoms with Gasteiger partial charge < -0.3 is 5.41 Å². The molecule has 1 aliphatic rings. The van der Waals surface area contributed by atoms with Crippen molar-refractivity contribution < 1.29 is 0 Å². The molecular formula is C11H17N. The van der Waals surface area contributed by atoms with Crippen molar-refractivity contribution in [2.24, 2.45) is 0 Å². The van der Waals surface area contributed by atoms with Crippen LogP contribution in [-0.2, 0) is 0 Å². The van der Waals surface area contributed by atoms with Gasteiger partial charge in [-0.3, -0.25) is 0 Å². The van der Waals surface area contributed by atoms with Crippen LogP contribution in [0.2, 0.25) is 0 Å². The van der Waals surface area contributed by atoms with Crippen LogP contribution >= 0.6 is 0 Å². The fraction of sp³-hybridized carbons (Fsp3) is 0.364. The molecule has 0 amide bonds. The van der Waals surface area contributed by atoms with Gasteiger partial charge >= 0.3 is 0 Å². The van der Waals surface area contributed by atoms with Crippen molar-refractivity contribution in [3.8, 4) is 0 Å². The Morgan fingerprint density at radius 3 is 2.50 bits per heavy atom. The second-order valence-electron chi connectivity index (χ2n) is 2.69. The molecule has 0 spiro atoms. The average molecular weight is 163 g/mol. The lowest BCUT2D eigenvalue weighted by Crippen LogP contribution is -1.96. The molecule has 1 nitrogen and oxygen atoms in total. The maximum absolute atomic E-state index is 7.29. The summed E-state index contributed by atoms with van der Waals surface area (Å²) in [5, 5.41) is 7.29. The standard InChI is InChI=1S/C8H11N.C3H6/c1-7(9)8-5-3-2-4-6-8;1-3-2/h2-3,5,9H,4,6H2,1H3;3H,1H2,2H3. The van der Waals surface area contributed by atoms with E-state index in [0.717, 1.165) is 12.8 Å². The first-order valence-electron chi connectivity index (χ1n) is 4.20. The SMILES string of the molecule is C=CC.CC(=N)C1=CC=CCC1. The first kappa shape index (κ1) is 10.9. The molecule has 0 radical (unpaired) electrons. The minimum Gasteiger partial charge on any atom is -0.305 e. The molecule has 0 aromatic carbocycles. The van der Waals surface area contributed by atoms with Crippen LogP contribution < -0.4 is 0 Å². The summed E-state index contributed by atoms with van der Waals surface area (Å²) in [6, 6.07) is 0. The van der Waals surface area contributed by atoms with Crippen molar-refractivity contribution in [2.75, 3.05) is 0 Å². The van der Waals surface area contributed by atoms with Crippen LogP contribution in [0.1, 0.15) is 26.7 Å². The molecule has 0 heterocycles. The molecular weight excluding hydrogens is 146 g/mol. The predicted octanol–water partition coefficient (Wildman–Crippen LogP) is 3.49. The van der Waals surface area contributed by atoms with Crippen LogP contribution in [-0.4, -0.2) is 5.71 Å². The highest BCUT2D eigenvalue weighted by Crippen LogP contribution is 2.11. The highest BCUT2D eigenvalue weighted by molar-refractivity contribution is 5.96. The predicted molar refractivity (Wildman–Crippen MR) is 55.7 cm³/mol. The second-order valence-corrected chi connectivity index (χ2v) is 2.69. The number of allylic oxidation sites excluding steroid dienone is 5. The first-order chi connectivity index (χ1) is 5.72. The monoisotopic (exact) mass is 163 g/mol. The molecule has 0 fully saturated rings. The van der Waals surface area contributed by atoms with Crippen LogP contribution in [0.3, 0.4) is 0 Å². The van der Waals surface area contributed by atoms with E-state index in [0.29, 0.717) is 5.71 Å². The molecule has 1 N–H and O–H groups in total. The van der Waals surface area contributed by atoms with Crippen molar-refractivity contribution in [3.05, 3.63) is 36.5 Å². The summed E-state index contributed by atoms with van der Waals surface area (Å²) in [6.45, 7) is 7.09. The number of rotatable bonds is 1. The van der Waals surface area contributed by atoms with Gasteiger partial charge in [0.2, 0.25) is 0 Å². The fourth-order valence-electron chi connectivity index (χ4n) is 0.915. The van der Waals surface area contributed by atoms with Gasteiger partial charge in [0.1, 0.15) is 0 Å². The van der Waals surface area contributed by atoms with Gasteiger partial charge in [-0.15, -0.1) is 6.58 Å². The summed E-state index contributed by atoms with van der Waals surface area (Å²) < 4.78 is 0. The summed E-state index contributed by atoms with van der Waals surface area (Å²) in [4.78, 5) is 0. The Morgan fingerprint density at radius 1 is 1.67 bits per heavy atom. The fourth-order valence-corrected chi connectivity index (χ4v) is 0.915. The Hall–Kier alpha value is -1.11. The Morgan fingerprint density at radius 2 is 2.25 bits per heavy atom. The molecule has 0 saturated heterocycles. The molecule has 0 saturated carbocycles. The van der Waals surface area contributed by atoms with Crippen LogP contribution in [0.5, 0.6) is 0 Å². The van der Waals surface area contributed by atoms with Crippen LogP contribution in [0.25, 0.3) is 0 Å². The molecule has 12 heavy (non-hydrogen) atoms. The van der Waals surface area contributed by atoms with Crippen molar-refractivity contribution in [3.63, 3.8) is 0 Å². The van der Waals surface area contributed by atoms with Gasteiger partial charge in [-0.2, -0.15) is 0 Å². The van der Waals surface area contributed by atoms with E-state index in [1.54, 1.807) is 6.08 Å². The molecule has 0 aliphatic heterocycles. The zero-order valence-corrected chi connectivity index (χ0v) is 7.93. The number of hydrogen-bond acceptors (Lipinski definition) is 1. The van der Waals surface area contributed by atoms with E-state index in [1.165, 1.54) is 5.57 Å². The third kappa shape index (κ3) is 4.67. The van der Waals surface area contributed by atoms with Gasteiger partial charge in [-0.1, -0.05) is 24.3 Å². The molecule has 0 bridgehead atoms. The zero-order chi connectivity index (χ0) is 9.40. The minimum absolute atomic E-state index is 0.708. The van der Waals surface area contributed by atoms with Gasteiger partial charge in [0.05, 0.1) is 0 Å². The summed E-state index contributed by atoms with van der Waals surface area (Å²) in [5.74, 6) is 0. The normalized spacial score (nSPS) is 14.0. The molecule has 0 aromatic rings. The molecule has 0 atom stereocenters. The molecule has 1 heteroatoms. The quantitative estimate of drug-likeness (QED) is 0.452. The van der Waals surface area contributed by atoms with Gasteiger partial charge in [-0.05, 0) is 32.3 Å². The highest BCUT2D eigenvalue weighted by Gasteiger charge is 1.99. The van der Waals surface area contributed by atoms with Crippen molar-refractivity contribution in [2.45, 2.75) is 26.7 Å². The second kappa shape index (κ2) is 6.59. The largest absolute Gasteiger partial charge is 0.305 e. The van der Waals surface area contributed by atoms with Gasteiger partial charge in [0.15, 0.2) is 0 Å². The Bertz CT molecular complexity index is 209. The first-order valence-corrected chi connectivity index (χ1v) is 4.20. The summed E-state index contributed by atoms with van der Waals surface area (Å²) in [7, 11) is 0. The number of hydrogen-bond donors (Lipinski definition) is 1. The Kier molecular flexibility index (Phi) is 5.98. The highest BCUT2D eigenvalue weighted by atomic mass is 14.4. The van der Waals surface area contributed by atoms with E-state index < -0.39 is 0 Å². The van der Waals surface area contributed by atoms with E-state index in [9.17, 15) is 0 Å². The molecule has 0 aromatic heterocycles. The van der Waals surface area contributed by atoms with E-state index in [4.69, 9.17) is 5.41 Å². The van der Waals surface area contributed by atoms with Crippen LogP contribution in [0.15, 0.2) is 36.5 Å². The van der Waals surface area contributed by atoms with E-state index in [1.807, 2.05) is 26.0 Å². The Labute approximate surface area is 75.0 Å². The Balaban J connectivity index is 0.000000354. The molecule has 1 rings (SSSR count). The maximum Gasteiger partial charge on any atom is 0.0315 e. The van der Waals surface area contributed by atoms with E-state index in [2.05, 4.69) is 12.7 Å². The van der Waals surface area contributed by atoms with Crippen LogP contribution in [0, 0.1) is 5.41 Å². The third-order valence-electron chi connectivity index (χ3n) is 1.50. The van der Waals surface area contributed by atoms with Gasteiger partial charge in [0.25, 0.3) is 0 Å². The summed E-state index contributed by atoms with van der Waals surface area (Å²) >= 11 is 0. The molecule has 1 aliphatic carbocycles. The van der Waals surface area contributed by atoms with Crippen molar-refractivity contribution in [1.29, 1.82) is 5.41 Å². The van der Waals surface area contributed by atoms with Crippen molar-refractivity contribution in [1.82, 2.24) is 0 Å². The van der Waals surface area contributed by atoms with Gasteiger partial charge in [-0.25, -0.2) is 0 Å². The minimum atomic E-state index is 0.708. The lowest BCUT2D eigenvalue weighted by atomic mass is 10.0. The van der Waals surface area contributed by atoms with Crippen molar-refractivity contribution >= 4 is 5.71 Å². The smallest absolute Gasteiger partial charge is 0.0315 e. The summed E-state index contributed by atoms with van der Waals surface area (Å²) in [6.07, 6.45) is 10.1. The number of nitrogens with one attached hydrogen (secondary N) is 1. The third-order valence-corrected chi connectivity index (χ3v) is 1.50. The van der Waals surface area contributed by atoms with E-state index >= 15 is 0 Å². The topological polar surface area (TPSA) is 23.9 Å². The molecule has 66 valence electrons. The molecule has 0 unspecified atom stereocenters.